The summed E-state index contributed by atoms with van der Waals surface area (Å²) < 4.78 is 0. The first-order chi connectivity index (χ1) is 13.5. The van der Waals surface area contributed by atoms with E-state index in [1.165, 1.54) is 6.07 Å². The quantitative estimate of drug-likeness (QED) is 0.280. The Bertz CT molecular complexity index is 1040. The maximum absolute atomic E-state index is 12.8. The van der Waals surface area contributed by atoms with Gasteiger partial charge in [-0.2, -0.15) is 5.11 Å². The molecule has 1 amide bonds. The van der Waals surface area contributed by atoms with E-state index in [4.69, 9.17) is 23.2 Å². The number of hydrogen-bond donors (Lipinski definition) is 2. The molecular formula is C21H15Cl2N3O2. The second-order valence-electron chi connectivity index (χ2n) is 5.68. The summed E-state index contributed by atoms with van der Waals surface area (Å²) in [6.07, 6.45) is 0. The van der Waals surface area contributed by atoms with Crippen LogP contribution in [0, 0.1) is 0 Å². The number of nitrogens with one attached hydrogen (secondary N) is 1. The maximum atomic E-state index is 12.8. The third kappa shape index (κ3) is 4.97. The number of aliphatic hydroxyl groups excluding tert-OH is 1. The highest BCUT2D eigenvalue weighted by Gasteiger charge is 2.18. The molecule has 5 nitrogen and oxygen atoms in total. The van der Waals surface area contributed by atoms with Gasteiger partial charge in [-0.15, -0.1) is 5.11 Å². The fourth-order valence-corrected chi connectivity index (χ4v) is 2.65. The van der Waals surface area contributed by atoms with Crippen molar-refractivity contribution in [2.75, 3.05) is 5.32 Å². The Hall–Kier alpha value is -3.15. The van der Waals surface area contributed by atoms with E-state index in [-0.39, 0.29) is 11.5 Å². The highest BCUT2D eigenvalue weighted by Crippen LogP contribution is 2.27. The Kier molecular flexibility index (Phi) is 6.42. The van der Waals surface area contributed by atoms with E-state index in [0.29, 0.717) is 27.0 Å². The summed E-state index contributed by atoms with van der Waals surface area (Å²) in [5.74, 6) is -0.985. The van der Waals surface area contributed by atoms with E-state index in [2.05, 4.69) is 15.5 Å². The van der Waals surface area contributed by atoms with Crippen LogP contribution < -0.4 is 5.32 Å². The summed E-state index contributed by atoms with van der Waals surface area (Å²) in [6.45, 7) is 0. The average Bonchev–Trinajstić information content (AvgIpc) is 2.72. The Morgan fingerprint density at radius 2 is 1.54 bits per heavy atom. The Labute approximate surface area is 172 Å². The fraction of sp³-hybridized carbons (Fsp3) is 0. The summed E-state index contributed by atoms with van der Waals surface area (Å²) in [5, 5.41) is 22.0. The first-order valence-corrected chi connectivity index (χ1v) is 9.02. The molecule has 0 heterocycles. The van der Waals surface area contributed by atoms with E-state index in [9.17, 15) is 9.90 Å². The topological polar surface area (TPSA) is 74.0 Å². The molecule has 0 aromatic heterocycles. The lowest BCUT2D eigenvalue weighted by atomic mass is 10.1. The van der Waals surface area contributed by atoms with Gasteiger partial charge in [0, 0.05) is 10.6 Å². The average molecular weight is 412 g/mol. The van der Waals surface area contributed by atoms with Crippen LogP contribution >= 0.6 is 23.2 Å². The molecular weight excluding hydrogens is 397 g/mol. The van der Waals surface area contributed by atoms with Gasteiger partial charge in [-0.05, 0) is 30.3 Å². The summed E-state index contributed by atoms with van der Waals surface area (Å²) in [7, 11) is 0. The number of carbonyl (C=O) groups excluding carboxylic acids is 1. The number of rotatable bonds is 5. The van der Waals surface area contributed by atoms with Crippen LogP contribution in [0.15, 0.2) is 94.8 Å². The van der Waals surface area contributed by atoms with E-state index in [1.54, 1.807) is 66.7 Å². The SMILES string of the molecule is O=C(Nc1cc(Cl)ccc1Cl)C(N=Nc1ccccc1)=C(O)c1ccccc1. The van der Waals surface area contributed by atoms with E-state index in [0.717, 1.165) is 0 Å². The van der Waals surface area contributed by atoms with E-state index < -0.39 is 5.91 Å². The summed E-state index contributed by atoms with van der Waals surface area (Å²) >= 11 is 12.1. The van der Waals surface area contributed by atoms with Gasteiger partial charge < -0.3 is 10.4 Å². The molecule has 0 saturated carbocycles. The van der Waals surface area contributed by atoms with Gasteiger partial charge in [0.05, 0.1) is 16.4 Å². The molecule has 3 aromatic carbocycles. The molecule has 0 fully saturated rings. The number of anilines is 1. The van der Waals surface area contributed by atoms with Crippen molar-refractivity contribution in [3.05, 3.63) is 100 Å². The zero-order valence-corrected chi connectivity index (χ0v) is 16.0. The minimum absolute atomic E-state index is 0.258. The van der Waals surface area contributed by atoms with Gasteiger partial charge in [0.25, 0.3) is 5.91 Å². The van der Waals surface area contributed by atoms with Crippen LogP contribution in [0.3, 0.4) is 0 Å². The Morgan fingerprint density at radius 3 is 2.21 bits per heavy atom. The molecule has 0 unspecified atom stereocenters. The van der Waals surface area contributed by atoms with Crippen molar-refractivity contribution >= 4 is 46.2 Å². The summed E-state index contributed by atoms with van der Waals surface area (Å²) in [4.78, 5) is 12.8. The van der Waals surface area contributed by atoms with Crippen molar-refractivity contribution in [1.82, 2.24) is 0 Å². The van der Waals surface area contributed by atoms with Crippen molar-refractivity contribution in [2.45, 2.75) is 0 Å². The highest BCUT2D eigenvalue weighted by atomic mass is 35.5. The number of hydrogen-bond acceptors (Lipinski definition) is 4. The smallest absolute Gasteiger partial charge is 0.280 e. The second-order valence-corrected chi connectivity index (χ2v) is 6.52. The Balaban J connectivity index is 1.99. The third-order valence-electron chi connectivity index (χ3n) is 3.68. The second kappa shape index (κ2) is 9.17. The predicted molar refractivity (Wildman–Crippen MR) is 112 cm³/mol. The van der Waals surface area contributed by atoms with Gasteiger partial charge in [-0.25, -0.2) is 0 Å². The highest BCUT2D eigenvalue weighted by molar-refractivity contribution is 6.36. The van der Waals surface area contributed by atoms with Gasteiger partial charge in [0.2, 0.25) is 0 Å². The van der Waals surface area contributed by atoms with Crippen molar-refractivity contribution in [1.29, 1.82) is 0 Å². The summed E-state index contributed by atoms with van der Waals surface area (Å²) in [6, 6.07) is 22.1. The molecule has 0 spiro atoms. The van der Waals surface area contributed by atoms with Crippen molar-refractivity contribution in [3.8, 4) is 0 Å². The molecule has 7 heteroatoms. The normalized spacial score (nSPS) is 11.9. The first-order valence-electron chi connectivity index (χ1n) is 8.26. The van der Waals surface area contributed by atoms with Crippen molar-refractivity contribution in [2.24, 2.45) is 10.2 Å². The number of amides is 1. The first kappa shape index (κ1) is 19.6. The van der Waals surface area contributed by atoms with Crippen LogP contribution in [0.1, 0.15) is 5.56 Å². The molecule has 0 atom stereocenters. The number of halogens is 2. The van der Waals surface area contributed by atoms with E-state index in [1.807, 2.05) is 6.07 Å². The molecule has 0 aliphatic heterocycles. The lowest BCUT2D eigenvalue weighted by molar-refractivity contribution is -0.112. The zero-order chi connectivity index (χ0) is 19.9. The molecule has 0 radical (unpaired) electrons. The molecule has 3 rings (SSSR count). The van der Waals surface area contributed by atoms with Crippen LogP contribution in [-0.4, -0.2) is 11.0 Å². The van der Waals surface area contributed by atoms with Gasteiger partial charge in [-0.3, -0.25) is 4.79 Å². The number of carbonyl (C=O) groups is 1. The summed E-state index contributed by atoms with van der Waals surface area (Å²) in [5.41, 5.74) is 1.00. The lowest BCUT2D eigenvalue weighted by Crippen LogP contribution is -2.15. The van der Waals surface area contributed by atoms with Crippen LogP contribution in [0.25, 0.3) is 5.76 Å². The van der Waals surface area contributed by atoms with Crippen LogP contribution in [0.5, 0.6) is 0 Å². The van der Waals surface area contributed by atoms with Crippen LogP contribution in [0.4, 0.5) is 11.4 Å². The van der Waals surface area contributed by atoms with Crippen molar-refractivity contribution < 1.29 is 9.90 Å². The zero-order valence-electron chi connectivity index (χ0n) is 14.5. The molecule has 3 aromatic rings. The van der Waals surface area contributed by atoms with Gasteiger partial charge in [0.1, 0.15) is 0 Å². The van der Waals surface area contributed by atoms with Crippen LogP contribution in [0.2, 0.25) is 10.0 Å². The minimum Gasteiger partial charge on any atom is -0.505 e. The number of aliphatic hydroxyl groups is 1. The number of azo groups is 1. The molecule has 28 heavy (non-hydrogen) atoms. The molecule has 0 aliphatic carbocycles. The molecule has 140 valence electrons. The number of nitrogens with zero attached hydrogens (tertiary/aromatic N) is 2. The number of benzene rings is 3. The molecule has 0 saturated heterocycles. The van der Waals surface area contributed by atoms with E-state index >= 15 is 0 Å². The molecule has 0 aliphatic rings. The minimum atomic E-state index is -0.676. The van der Waals surface area contributed by atoms with Gasteiger partial charge in [-0.1, -0.05) is 71.7 Å². The van der Waals surface area contributed by atoms with Gasteiger partial charge >= 0.3 is 0 Å². The maximum Gasteiger partial charge on any atom is 0.280 e. The standard InChI is InChI=1S/C21H15Cl2N3O2/c22-15-11-12-17(23)18(13-15)24-21(28)19(20(27)14-7-3-1-4-8-14)26-25-16-9-5-2-6-10-16/h1-13,27H,(H,24,28). The third-order valence-corrected chi connectivity index (χ3v) is 4.25. The Morgan fingerprint density at radius 1 is 0.893 bits per heavy atom. The van der Waals surface area contributed by atoms with Crippen LogP contribution in [-0.2, 0) is 4.79 Å². The largest absolute Gasteiger partial charge is 0.505 e. The predicted octanol–water partition coefficient (Wildman–Crippen LogP) is 6.64. The molecule has 0 bridgehead atoms. The monoisotopic (exact) mass is 411 g/mol. The fourth-order valence-electron chi connectivity index (χ4n) is 2.31. The molecule has 2 N–H and O–H groups in total. The van der Waals surface area contributed by atoms with Gasteiger partial charge in [0.15, 0.2) is 11.5 Å². The lowest BCUT2D eigenvalue weighted by Gasteiger charge is -2.09. The van der Waals surface area contributed by atoms with Crippen molar-refractivity contribution in [3.63, 3.8) is 0 Å².